The van der Waals surface area contributed by atoms with Gasteiger partial charge in [-0.05, 0) is 103 Å². The van der Waals surface area contributed by atoms with Crippen LogP contribution < -0.4 is 5.32 Å². The second kappa shape index (κ2) is 66.6. The Morgan fingerprint density at radius 2 is 0.775 bits per heavy atom. The molecule has 0 saturated carbocycles. The summed E-state index contributed by atoms with van der Waals surface area (Å²) in [5.41, 5.74) is 0. The lowest BCUT2D eigenvalue weighted by Crippen LogP contribution is -2.60. The van der Waals surface area contributed by atoms with E-state index in [-0.39, 0.29) is 18.5 Å². The van der Waals surface area contributed by atoms with E-state index < -0.39 is 49.5 Å². The molecule has 7 atom stereocenters. The number of carbonyl (C=O) groups is 2. The first kappa shape index (κ1) is 84.1. The van der Waals surface area contributed by atoms with Gasteiger partial charge in [0.2, 0.25) is 5.91 Å². The molecule has 0 aromatic heterocycles. The summed E-state index contributed by atoms with van der Waals surface area (Å²) in [6.07, 6.45) is 80.5. The molecule has 0 spiro atoms. The second-order valence-corrected chi connectivity index (χ2v) is 26.0. The molecule has 0 aromatic carbocycles. The first-order valence-electron chi connectivity index (χ1n) is 37.7. The molecular formula is C78H141NO10. The maximum atomic E-state index is 13.1. The van der Waals surface area contributed by atoms with Gasteiger partial charge in [-0.2, -0.15) is 0 Å². The normalized spacial score (nSPS) is 18.1. The summed E-state index contributed by atoms with van der Waals surface area (Å²) < 4.78 is 16.7. The fraction of sp³-hybridized carbons (Fsp3) is 0.821. The van der Waals surface area contributed by atoms with E-state index in [2.05, 4.69) is 79.9 Å². The van der Waals surface area contributed by atoms with Gasteiger partial charge in [-0.25, -0.2) is 0 Å². The van der Waals surface area contributed by atoms with Crippen molar-refractivity contribution in [1.82, 2.24) is 5.32 Å². The number of rotatable bonds is 66. The van der Waals surface area contributed by atoms with E-state index in [0.717, 1.165) is 70.6 Å². The molecule has 0 radical (unpaired) electrons. The third-order valence-electron chi connectivity index (χ3n) is 17.5. The molecule has 11 nitrogen and oxygen atoms in total. The summed E-state index contributed by atoms with van der Waals surface area (Å²) in [6.45, 7) is 4.30. The van der Waals surface area contributed by atoms with Gasteiger partial charge in [-0.15, -0.1) is 0 Å². The van der Waals surface area contributed by atoms with Gasteiger partial charge in [0.05, 0.1) is 32.0 Å². The number of hydrogen-bond acceptors (Lipinski definition) is 10. The molecule has 1 aliphatic heterocycles. The van der Waals surface area contributed by atoms with Crippen LogP contribution in [-0.4, -0.2) is 100 Å². The zero-order chi connectivity index (χ0) is 64.4. The van der Waals surface area contributed by atoms with Crippen LogP contribution >= 0.6 is 0 Å². The average Bonchev–Trinajstić information content (AvgIpc) is 1.79. The van der Waals surface area contributed by atoms with Crippen molar-refractivity contribution < 1.29 is 49.3 Å². The topological polar surface area (TPSA) is 175 Å². The zero-order valence-electron chi connectivity index (χ0n) is 57.6. The van der Waals surface area contributed by atoms with E-state index in [4.69, 9.17) is 14.2 Å². The maximum Gasteiger partial charge on any atom is 0.305 e. The minimum atomic E-state index is -1.58. The average molecular weight is 1250 g/mol. The molecule has 1 fully saturated rings. The van der Waals surface area contributed by atoms with Crippen molar-refractivity contribution in [3.63, 3.8) is 0 Å². The number of amides is 1. The highest BCUT2D eigenvalue weighted by molar-refractivity contribution is 5.76. The fourth-order valence-corrected chi connectivity index (χ4v) is 11.6. The van der Waals surface area contributed by atoms with Crippen LogP contribution in [0.1, 0.15) is 348 Å². The number of ether oxygens (including phenoxy) is 3. The monoisotopic (exact) mass is 1250 g/mol. The van der Waals surface area contributed by atoms with Crippen LogP contribution in [0.25, 0.3) is 0 Å². The van der Waals surface area contributed by atoms with E-state index in [1.165, 1.54) is 250 Å². The van der Waals surface area contributed by atoms with Gasteiger partial charge >= 0.3 is 5.97 Å². The van der Waals surface area contributed by atoms with Gasteiger partial charge in [0, 0.05) is 12.8 Å². The summed E-state index contributed by atoms with van der Waals surface area (Å²) in [6, 6.07) is -0.828. The SMILES string of the molecule is CCCC/C=C\C/C=C\CCCCCCCC(=O)OCCCCCCCCCCC/C=C\C/C=C\CCCCCCCCCCCCCCCCCCCC(=O)NC(COC1OC(CO)C(O)C(O)C1O)C(O)/C=C/CC/C=C/CCCCCCCCCC. The highest BCUT2D eigenvalue weighted by atomic mass is 16.7. The molecule has 6 N–H and O–H groups in total. The summed E-state index contributed by atoms with van der Waals surface area (Å²) in [7, 11) is 0. The summed E-state index contributed by atoms with van der Waals surface area (Å²) in [5, 5.41) is 54.5. The van der Waals surface area contributed by atoms with Crippen molar-refractivity contribution in [2.45, 2.75) is 391 Å². The number of aliphatic hydroxyl groups excluding tert-OH is 5. The highest BCUT2D eigenvalue weighted by Gasteiger charge is 2.44. The Morgan fingerprint density at radius 3 is 1.21 bits per heavy atom. The summed E-state index contributed by atoms with van der Waals surface area (Å²) >= 11 is 0. The Labute approximate surface area is 547 Å². The van der Waals surface area contributed by atoms with Crippen molar-refractivity contribution in [3.05, 3.63) is 72.9 Å². The van der Waals surface area contributed by atoms with Gasteiger partial charge in [0.15, 0.2) is 6.29 Å². The van der Waals surface area contributed by atoms with Crippen molar-refractivity contribution in [3.8, 4) is 0 Å². The third kappa shape index (κ3) is 55.3. The van der Waals surface area contributed by atoms with Crippen molar-refractivity contribution >= 4 is 11.9 Å². The molecule has 0 aromatic rings. The lowest BCUT2D eigenvalue weighted by molar-refractivity contribution is -0.302. The Morgan fingerprint density at radius 1 is 0.416 bits per heavy atom. The Kier molecular flexibility index (Phi) is 62.9. The van der Waals surface area contributed by atoms with Crippen LogP contribution in [0.2, 0.25) is 0 Å². The molecule has 518 valence electrons. The van der Waals surface area contributed by atoms with E-state index in [1.54, 1.807) is 6.08 Å². The Bertz CT molecular complexity index is 1710. The van der Waals surface area contributed by atoms with Crippen LogP contribution in [0.15, 0.2) is 72.9 Å². The number of allylic oxidation sites excluding steroid dienone is 11. The number of nitrogens with one attached hydrogen (secondary N) is 1. The first-order chi connectivity index (χ1) is 43.7. The summed E-state index contributed by atoms with van der Waals surface area (Å²) in [4.78, 5) is 25.1. The van der Waals surface area contributed by atoms with Gasteiger partial charge in [0.25, 0.3) is 0 Å². The molecule has 7 unspecified atom stereocenters. The Balaban J connectivity index is 1.96. The lowest BCUT2D eigenvalue weighted by Gasteiger charge is -2.40. The molecule has 0 bridgehead atoms. The van der Waals surface area contributed by atoms with E-state index >= 15 is 0 Å². The first-order valence-corrected chi connectivity index (χ1v) is 37.7. The Hall–Kier alpha value is -2.90. The molecule has 1 rings (SSSR count). The predicted molar refractivity (Wildman–Crippen MR) is 375 cm³/mol. The van der Waals surface area contributed by atoms with Crippen molar-refractivity contribution in [2.24, 2.45) is 0 Å². The van der Waals surface area contributed by atoms with Gasteiger partial charge in [-0.1, -0.05) is 305 Å². The van der Waals surface area contributed by atoms with E-state index in [0.29, 0.717) is 19.4 Å². The molecular weight excluding hydrogens is 1110 g/mol. The molecule has 0 aliphatic carbocycles. The van der Waals surface area contributed by atoms with Gasteiger partial charge in [-0.3, -0.25) is 9.59 Å². The lowest BCUT2D eigenvalue weighted by atomic mass is 9.99. The number of hydrogen-bond donors (Lipinski definition) is 6. The molecule has 1 aliphatic rings. The quantitative estimate of drug-likeness (QED) is 0.0195. The van der Waals surface area contributed by atoms with Crippen LogP contribution in [0, 0.1) is 0 Å². The molecule has 89 heavy (non-hydrogen) atoms. The predicted octanol–water partition coefficient (Wildman–Crippen LogP) is 19.9. The number of aliphatic hydroxyl groups is 5. The second-order valence-electron chi connectivity index (χ2n) is 26.0. The number of esters is 1. The third-order valence-corrected chi connectivity index (χ3v) is 17.5. The van der Waals surface area contributed by atoms with Crippen LogP contribution in [0.3, 0.4) is 0 Å². The largest absolute Gasteiger partial charge is 0.466 e. The number of carbonyl (C=O) groups excluding carboxylic acids is 2. The van der Waals surface area contributed by atoms with Crippen LogP contribution in [0.4, 0.5) is 0 Å². The molecule has 1 amide bonds. The van der Waals surface area contributed by atoms with E-state index in [1.807, 2.05) is 6.08 Å². The zero-order valence-corrected chi connectivity index (χ0v) is 57.6. The highest BCUT2D eigenvalue weighted by Crippen LogP contribution is 2.23. The van der Waals surface area contributed by atoms with Gasteiger partial charge < -0.3 is 45.1 Å². The fourth-order valence-electron chi connectivity index (χ4n) is 11.6. The van der Waals surface area contributed by atoms with Crippen molar-refractivity contribution in [2.75, 3.05) is 19.8 Å². The van der Waals surface area contributed by atoms with Crippen LogP contribution in [-0.2, 0) is 23.8 Å². The molecule has 1 heterocycles. The maximum absolute atomic E-state index is 13.1. The van der Waals surface area contributed by atoms with E-state index in [9.17, 15) is 35.1 Å². The smallest absolute Gasteiger partial charge is 0.305 e. The standard InChI is InChI=1S/C78H141NO10/c1-3-5-7-9-11-13-15-17-40-44-48-52-56-60-64-71(81)70(69-88-78-77(86)76(85)75(84)72(68-80)89-78)79-73(82)65-61-57-53-49-45-41-38-36-34-32-30-28-26-24-22-20-19-21-23-25-27-29-31-33-35-37-39-43-47-51-55-59-63-67-87-74(83)66-62-58-54-50-46-42-18-16-14-12-10-8-6-4-2/h10,12,16,18,23,25,29,31,44,48,60,64,70-72,75-78,80-81,84-86H,3-9,11,13-15,17,19-22,24,26-28,30,32-43,45-47,49-59,61-63,65-69H2,1-2H3,(H,79,82)/b12-10-,18-16-,25-23-,31-29-,48-44+,64-60+. The minimum Gasteiger partial charge on any atom is -0.466 e. The number of unbranched alkanes of at least 4 members (excludes halogenated alkanes) is 42. The molecule has 11 heteroatoms. The molecule has 1 saturated heterocycles. The minimum absolute atomic E-state index is 0.00827. The summed E-state index contributed by atoms with van der Waals surface area (Å²) in [5.74, 6) is -0.197. The van der Waals surface area contributed by atoms with Gasteiger partial charge in [0.1, 0.15) is 24.4 Å². The van der Waals surface area contributed by atoms with Crippen molar-refractivity contribution in [1.29, 1.82) is 0 Å². The van der Waals surface area contributed by atoms with Crippen LogP contribution in [0.5, 0.6) is 0 Å².